The SMILES string of the molecule is CCOc1cc(CC(C)=O)ccc1OC(C)C. The first kappa shape index (κ1) is 13.6. The molecule has 0 aliphatic carbocycles. The van der Waals surface area contributed by atoms with E-state index in [1.165, 1.54) is 0 Å². The van der Waals surface area contributed by atoms with E-state index < -0.39 is 0 Å². The summed E-state index contributed by atoms with van der Waals surface area (Å²) < 4.78 is 11.2. The second-order valence-corrected chi connectivity index (χ2v) is 4.26. The third-order valence-electron chi connectivity index (χ3n) is 2.12. The molecular weight excluding hydrogens is 216 g/mol. The lowest BCUT2D eigenvalue weighted by Crippen LogP contribution is -2.08. The maximum atomic E-state index is 11.1. The van der Waals surface area contributed by atoms with Crippen LogP contribution in [0.2, 0.25) is 0 Å². The molecular formula is C14H20O3. The van der Waals surface area contributed by atoms with Gasteiger partial charge in [-0.15, -0.1) is 0 Å². The van der Waals surface area contributed by atoms with Crippen LogP contribution < -0.4 is 9.47 Å². The highest BCUT2D eigenvalue weighted by Crippen LogP contribution is 2.29. The Kier molecular flexibility index (Phi) is 5.01. The molecule has 0 saturated heterocycles. The maximum Gasteiger partial charge on any atom is 0.161 e. The molecule has 0 N–H and O–H groups in total. The molecule has 0 heterocycles. The Bertz CT molecular complexity index is 383. The van der Waals surface area contributed by atoms with Crippen molar-refractivity contribution in [3.05, 3.63) is 23.8 Å². The van der Waals surface area contributed by atoms with Crippen LogP contribution in [0, 0.1) is 0 Å². The number of hydrogen-bond acceptors (Lipinski definition) is 3. The average molecular weight is 236 g/mol. The van der Waals surface area contributed by atoms with Crippen molar-refractivity contribution in [2.24, 2.45) is 0 Å². The molecule has 0 saturated carbocycles. The van der Waals surface area contributed by atoms with Crippen LogP contribution in [0.1, 0.15) is 33.3 Å². The summed E-state index contributed by atoms with van der Waals surface area (Å²) in [6.45, 7) is 8.03. The molecule has 0 amide bonds. The minimum absolute atomic E-state index is 0.105. The molecule has 3 nitrogen and oxygen atoms in total. The lowest BCUT2D eigenvalue weighted by molar-refractivity contribution is -0.116. The van der Waals surface area contributed by atoms with Crippen molar-refractivity contribution in [2.45, 2.75) is 40.2 Å². The van der Waals surface area contributed by atoms with Crippen molar-refractivity contribution in [1.29, 1.82) is 0 Å². The fourth-order valence-electron chi connectivity index (χ4n) is 1.57. The van der Waals surface area contributed by atoms with Crippen molar-refractivity contribution in [3.8, 4) is 11.5 Å². The fraction of sp³-hybridized carbons (Fsp3) is 0.500. The zero-order valence-corrected chi connectivity index (χ0v) is 10.9. The van der Waals surface area contributed by atoms with Crippen LogP contribution in [0.25, 0.3) is 0 Å². The van der Waals surface area contributed by atoms with Crippen LogP contribution in [0.4, 0.5) is 0 Å². The van der Waals surface area contributed by atoms with Gasteiger partial charge in [-0.2, -0.15) is 0 Å². The van der Waals surface area contributed by atoms with Gasteiger partial charge in [0.05, 0.1) is 12.7 Å². The topological polar surface area (TPSA) is 35.5 Å². The minimum Gasteiger partial charge on any atom is -0.490 e. The highest BCUT2D eigenvalue weighted by atomic mass is 16.5. The lowest BCUT2D eigenvalue weighted by Gasteiger charge is -2.15. The van der Waals surface area contributed by atoms with Crippen LogP contribution in [0.3, 0.4) is 0 Å². The summed E-state index contributed by atoms with van der Waals surface area (Å²) in [5, 5.41) is 0. The third-order valence-corrected chi connectivity index (χ3v) is 2.12. The number of rotatable bonds is 6. The molecule has 0 aliphatic heterocycles. The molecule has 0 fully saturated rings. The van der Waals surface area contributed by atoms with Gasteiger partial charge in [0.2, 0.25) is 0 Å². The smallest absolute Gasteiger partial charge is 0.161 e. The summed E-state index contributed by atoms with van der Waals surface area (Å²) >= 11 is 0. The number of Topliss-reactive ketones (excluding diaryl/α,β-unsaturated/α-hetero) is 1. The molecule has 0 bridgehead atoms. The highest BCUT2D eigenvalue weighted by Gasteiger charge is 2.09. The van der Waals surface area contributed by atoms with E-state index in [0.717, 1.165) is 11.3 Å². The molecule has 0 unspecified atom stereocenters. The summed E-state index contributed by atoms with van der Waals surface area (Å²) in [5.74, 6) is 1.58. The van der Waals surface area contributed by atoms with E-state index in [9.17, 15) is 4.79 Å². The van der Waals surface area contributed by atoms with E-state index in [1.807, 2.05) is 39.0 Å². The number of carbonyl (C=O) groups is 1. The summed E-state index contributed by atoms with van der Waals surface area (Å²) in [4.78, 5) is 11.1. The summed E-state index contributed by atoms with van der Waals surface area (Å²) in [6.07, 6.45) is 0.537. The van der Waals surface area contributed by atoms with Gasteiger partial charge in [0.25, 0.3) is 0 Å². The number of hydrogen-bond donors (Lipinski definition) is 0. The van der Waals surface area contributed by atoms with Crippen molar-refractivity contribution < 1.29 is 14.3 Å². The number of ether oxygens (including phenoxy) is 2. The molecule has 0 aromatic heterocycles. The Morgan fingerprint density at radius 3 is 2.53 bits per heavy atom. The standard InChI is InChI=1S/C14H20O3/c1-5-16-14-9-12(8-11(4)15)6-7-13(14)17-10(2)3/h6-7,9-10H,5,8H2,1-4H3. The van der Waals surface area contributed by atoms with Crippen LogP contribution in [0.5, 0.6) is 11.5 Å². The Balaban J connectivity index is 2.94. The molecule has 3 heteroatoms. The van der Waals surface area contributed by atoms with Crippen molar-refractivity contribution in [2.75, 3.05) is 6.61 Å². The normalized spacial score (nSPS) is 10.4. The van der Waals surface area contributed by atoms with Crippen molar-refractivity contribution in [1.82, 2.24) is 0 Å². The van der Waals surface area contributed by atoms with Gasteiger partial charge in [-0.05, 0) is 45.4 Å². The Morgan fingerprint density at radius 2 is 2.00 bits per heavy atom. The molecule has 1 rings (SSSR count). The molecule has 17 heavy (non-hydrogen) atoms. The summed E-state index contributed by atoms with van der Waals surface area (Å²) in [6, 6.07) is 5.65. The van der Waals surface area contributed by atoms with E-state index in [2.05, 4.69) is 0 Å². The predicted octanol–water partition coefficient (Wildman–Crippen LogP) is 3.00. The van der Waals surface area contributed by atoms with Gasteiger partial charge in [-0.1, -0.05) is 6.07 Å². The van der Waals surface area contributed by atoms with Crippen LogP contribution in [0.15, 0.2) is 18.2 Å². The average Bonchev–Trinajstić information content (AvgIpc) is 2.21. The first-order valence-electron chi connectivity index (χ1n) is 5.94. The quantitative estimate of drug-likeness (QED) is 0.761. The molecule has 0 aliphatic rings. The second kappa shape index (κ2) is 6.28. The molecule has 1 aromatic rings. The van der Waals surface area contributed by atoms with E-state index in [4.69, 9.17) is 9.47 Å². The molecule has 94 valence electrons. The van der Waals surface area contributed by atoms with E-state index in [-0.39, 0.29) is 11.9 Å². The van der Waals surface area contributed by atoms with Gasteiger partial charge in [-0.3, -0.25) is 4.79 Å². The third kappa shape index (κ3) is 4.47. The summed E-state index contributed by atoms with van der Waals surface area (Å²) in [7, 11) is 0. The molecule has 0 radical (unpaired) electrons. The maximum absolute atomic E-state index is 11.1. The fourth-order valence-corrected chi connectivity index (χ4v) is 1.57. The van der Waals surface area contributed by atoms with Crippen molar-refractivity contribution >= 4 is 5.78 Å². The minimum atomic E-state index is 0.105. The number of carbonyl (C=O) groups excluding carboxylic acids is 1. The van der Waals surface area contributed by atoms with Gasteiger partial charge >= 0.3 is 0 Å². The van der Waals surface area contributed by atoms with Gasteiger partial charge in [-0.25, -0.2) is 0 Å². The number of ketones is 1. The zero-order chi connectivity index (χ0) is 12.8. The second-order valence-electron chi connectivity index (χ2n) is 4.26. The monoisotopic (exact) mass is 236 g/mol. The first-order valence-corrected chi connectivity index (χ1v) is 5.94. The Labute approximate surface area is 103 Å². The Hall–Kier alpha value is -1.51. The highest BCUT2D eigenvalue weighted by molar-refractivity contribution is 5.78. The van der Waals surface area contributed by atoms with Crippen LogP contribution in [-0.2, 0) is 11.2 Å². The lowest BCUT2D eigenvalue weighted by atomic mass is 10.1. The predicted molar refractivity (Wildman–Crippen MR) is 67.8 cm³/mol. The molecule has 1 aromatic carbocycles. The van der Waals surface area contributed by atoms with Gasteiger partial charge < -0.3 is 9.47 Å². The van der Waals surface area contributed by atoms with Crippen molar-refractivity contribution in [3.63, 3.8) is 0 Å². The van der Waals surface area contributed by atoms with Gasteiger partial charge in [0, 0.05) is 6.42 Å². The number of benzene rings is 1. The zero-order valence-electron chi connectivity index (χ0n) is 10.9. The Morgan fingerprint density at radius 1 is 1.29 bits per heavy atom. The van der Waals surface area contributed by atoms with Crippen LogP contribution >= 0.6 is 0 Å². The molecule has 0 spiro atoms. The van der Waals surface area contributed by atoms with Gasteiger partial charge in [0.15, 0.2) is 11.5 Å². The molecule has 0 atom stereocenters. The van der Waals surface area contributed by atoms with E-state index in [0.29, 0.717) is 18.8 Å². The van der Waals surface area contributed by atoms with Gasteiger partial charge in [0.1, 0.15) is 5.78 Å². The first-order chi connectivity index (χ1) is 8.02. The van der Waals surface area contributed by atoms with Crippen LogP contribution in [-0.4, -0.2) is 18.5 Å². The van der Waals surface area contributed by atoms with E-state index in [1.54, 1.807) is 6.92 Å². The largest absolute Gasteiger partial charge is 0.490 e. The van der Waals surface area contributed by atoms with E-state index >= 15 is 0 Å². The summed E-state index contributed by atoms with van der Waals surface area (Å²) in [5.41, 5.74) is 0.956.